The van der Waals surface area contributed by atoms with Crippen molar-refractivity contribution in [2.45, 2.75) is 19.3 Å². The Kier molecular flexibility index (Phi) is 2.81. The normalized spacial score (nSPS) is 15.6. The third-order valence-electron chi connectivity index (χ3n) is 2.47. The summed E-state index contributed by atoms with van der Waals surface area (Å²) in [5.74, 6) is 2.29. The molecule has 1 aliphatic heterocycles. The van der Waals surface area contributed by atoms with Crippen LogP contribution in [0.15, 0.2) is 17.4 Å². The van der Waals surface area contributed by atoms with E-state index < -0.39 is 0 Å². The summed E-state index contributed by atoms with van der Waals surface area (Å²) in [4.78, 5) is 8.62. The van der Waals surface area contributed by atoms with Gasteiger partial charge in [0.05, 0.1) is 5.84 Å². The van der Waals surface area contributed by atoms with Crippen LogP contribution in [0, 0.1) is 0 Å². The molecule has 0 aromatic carbocycles. The molecule has 0 saturated carbocycles. The SMILES string of the molecule is Cn1ccnc1CCNC1=NCCC1. The van der Waals surface area contributed by atoms with Crippen LogP contribution in [-0.2, 0) is 13.5 Å². The molecule has 0 aliphatic carbocycles. The third-order valence-corrected chi connectivity index (χ3v) is 2.47. The van der Waals surface area contributed by atoms with Crippen molar-refractivity contribution in [2.75, 3.05) is 13.1 Å². The molecule has 0 bridgehead atoms. The van der Waals surface area contributed by atoms with Gasteiger partial charge in [0.2, 0.25) is 0 Å². The maximum Gasteiger partial charge on any atom is 0.110 e. The van der Waals surface area contributed by atoms with Crippen LogP contribution >= 0.6 is 0 Å². The number of rotatable bonds is 3. The van der Waals surface area contributed by atoms with Gasteiger partial charge in [0, 0.05) is 45.4 Å². The Balaban J connectivity index is 1.75. The molecular weight excluding hydrogens is 176 g/mol. The van der Waals surface area contributed by atoms with E-state index >= 15 is 0 Å². The number of hydrogen-bond donors (Lipinski definition) is 1. The van der Waals surface area contributed by atoms with Crippen molar-refractivity contribution in [2.24, 2.45) is 12.0 Å². The van der Waals surface area contributed by atoms with Crippen LogP contribution in [0.3, 0.4) is 0 Å². The summed E-state index contributed by atoms with van der Waals surface area (Å²) < 4.78 is 2.05. The Morgan fingerprint density at radius 3 is 3.14 bits per heavy atom. The lowest BCUT2D eigenvalue weighted by Crippen LogP contribution is -2.24. The van der Waals surface area contributed by atoms with Crippen molar-refractivity contribution < 1.29 is 0 Å². The van der Waals surface area contributed by atoms with Crippen LogP contribution < -0.4 is 5.32 Å². The minimum atomic E-state index is 0.934. The van der Waals surface area contributed by atoms with E-state index in [4.69, 9.17) is 0 Å². The standard InChI is InChI=1S/C10H16N4/c1-14-8-7-13-10(14)4-6-12-9-3-2-5-11-9/h7-8H,2-6H2,1H3,(H,11,12). The lowest BCUT2D eigenvalue weighted by Gasteiger charge is -2.05. The Hall–Kier alpha value is -1.32. The minimum Gasteiger partial charge on any atom is -0.373 e. The van der Waals surface area contributed by atoms with Gasteiger partial charge in [-0.15, -0.1) is 0 Å². The fourth-order valence-electron chi connectivity index (χ4n) is 1.64. The van der Waals surface area contributed by atoms with Gasteiger partial charge in [-0.3, -0.25) is 4.99 Å². The molecule has 1 aromatic rings. The van der Waals surface area contributed by atoms with Crippen molar-refractivity contribution in [3.63, 3.8) is 0 Å². The molecule has 0 radical (unpaired) electrons. The monoisotopic (exact) mass is 192 g/mol. The molecule has 4 heteroatoms. The molecule has 76 valence electrons. The van der Waals surface area contributed by atoms with E-state index in [1.54, 1.807) is 0 Å². The summed E-state index contributed by atoms with van der Waals surface area (Å²) >= 11 is 0. The average Bonchev–Trinajstić information content (AvgIpc) is 2.78. The third kappa shape index (κ3) is 2.13. The number of hydrogen-bond acceptors (Lipinski definition) is 3. The molecule has 0 spiro atoms. The van der Waals surface area contributed by atoms with Gasteiger partial charge in [-0.2, -0.15) is 0 Å². The van der Waals surface area contributed by atoms with Crippen molar-refractivity contribution >= 4 is 5.84 Å². The van der Waals surface area contributed by atoms with Crippen LogP contribution in [-0.4, -0.2) is 28.5 Å². The van der Waals surface area contributed by atoms with E-state index in [0.29, 0.717) is 0 Å². The van der Waals surface area contributed by atoms with Crippen molar-refractivity contribution in [3.8, 4) is 0 Å². The van der Waals surface area contributed by atoms with Crippen molar-refractivity contribution in [1.29, 1.82) is 0 Å². The molecule has 1 aromatic heterocycles. The summed E-state index contributed by atoms with van der Waals surface area (Å²) in [7, 11) is 2.02. The van der Waals surface area contributed by atoms with Gasteiger partial charge in [0.25, 0.3) is 0 Å². The highest BCUT2D eigenvalue weighted by atomic mass is 15.0. The zero-order valence-electron chi connectivity index (χ0n) is 8.53. The van der Waals surface area contributed by atoms with Crippen LogP contribution in [0.25, 0.3) is 0 Å². The number of aryl methyl sites for hydroxylation is 1. The number of nitrogens with one attached hydrogen (secondary N) is 1. The predicted octanol–water partition coefficient (Wildman–Crippen LogP) is 0.744. The zero-order chi connectivity index (χ0) is 9.80. The van der Waals surface area contributed by atoms with Crippen LogP contribution in [0.4, 0.5) is 0 Å². The number of imidazole rings is 1. The van der Waals surface area contributed by atoms with E-state index in [-0.39, 0.29) is 0 Å². The fourth-order valence-corrected chi connectivity index (χ4v) is 1.64. The first kappa shape index (κ1) is 9.24. The van der Waals surface area contributed by atoms with E-state index in [1.807, 2.05) is 19.4 Å². The zero-order valence-corrected chi connectivity index (χ0v) is 8.53. The molecule has 2 heterocycles. The number of amidine groups is 1. The summed E-state index contributed by atoms with van der Waals surface area (Å²) in [5.41, 5.74) is 0. The molecule has 2 rings (SSSR count). The highest BCUT2D eigenvalue weighted by Gasteiger charge is 2.05. The first-order valence-corrected chi connectivity index (χ1v) is 5.09. The second-order valence-electron chi connectivity index (χ2n) is 3.56. The summed E-state index contributed by atoms with van der Waals surface area (Å²) in [6, 6.07) is 0. The van der Waals surface area contributed by atoms with Crippen LogP contribution in [0.2, 0.25) is 0 Å². The smallest absolute Gasteiger partial charge is 0.110 e. The molecule has 1 N–H and O–H groups in total. The molecule has 0 amide bonds. The topological polar surface area (TPSA) is 42.2 Å². The maximum atomic E-state index is 4.36. The Bertz CT molecular complexity index is 327. The molecule has 0 saturated heterocycles. The van der Waals surface area contributed by atoms with Gasteiger partial charge >= 0.3 is 0 Å². The van der Waals surface area contributed by atoms with Crippen molar-refractivity contribution in [1.82, 2.24) is 14.9 Å². The molecule has 0 unspecified atom stereocenters. The first-order valence-electron chi connectivity index (χ1n) is 5.09. The molecule has 1 aliphatic rings. The first-order chi connectivity index (χ1) is 6.86. The van der Waals surface area contributed by atoms with E-state index in [2.05, 4.69) is 19.9 Å². The van der Waals surface area contributed by atoms with Crippen LogP contribution in [0.5, 0.6) is 0 Å². The second-order valence-corrected chi connectivity index (χ2v) is 3.56. The lowest BCUT2D eigenvalue weighted by molar-refractivity contribution is 0.746. The van der Waals surface area contributed by atoms with Gasteiger partial charge in [-0.25, -0.2) is 4.98 Å². The van der Waals surface area contributed by atoms with Gasteiger partial charge in [-0.1, -0.05) is 0 Å². The van der Waals surface area contributed by atoms with Gasteiger partial charge in [0.15, 0.2) is 0 Å². The Labute approximate surface area is 84.1 Å². The number of nitrogens with zero attached hydrogens (tertiary/aromatic N) is 3. The number of aliphatic imine (C=N–C) groups is 1. The quantitative estimate of drug-likeness (QED) is 0.767. The molecule has 14 heavy (non-hydrogen) atoms. The average molecular weight is 192 g/mol. The largest absolute Gasteiger partial charge is 0.373 e. The molecule has 0 atom stereocenters. The predicted molar refractivity (Wildman–Crippen MR) is 56.5 cm³/mol. The van der Waals surface area contributed by atoms with E-state index in [0.717, 1.165) is 31.8 Å². The van der Waals surface area contributed by atoms with Crippen LogP contribution in [0.1, 0.15) is 18.7 Å². The fraction of sp³-hybridized carbons (Fsp3) is 0.600. The summed E-state index contributed by atoms with van der Waals surface area (Å²) in [6.45, 7) is 1.93. The van der Waals surface area contributed by atoms with Gasteiger partial charge < -0.3 is 9.88 Å². The number of aromatic nitrogens is 2. The highest BCUT2D eigenvalue weighted by Crippen LogP contribution is 2.01. The highest BCUT2D eigenvalue weighted by molar-refractivity contribution is 5.83. The lowest BCUT2D eigenvalue weighted by atomic mass is 10.3. The molecular formula is C10H16N4. The van der Waals surface area contributed by atoms with Gasteiger partial charge in [0.1, 0.15) is 5.82 Å². The summed E-state index contributed by atoms with van der Waals surface area (Å²) in [5, 5.41) is 3.34. The van der Waals surface area contributed by atoms with Gasteiger partial charge in [-0.05, 0) is 6.42 Å². The molecule has 0 fully saturated rings. The van der Waals surface area contributed by atoms with Crippen molar-refractivity contribution in [3.05, 3.63) is 18.2 Å². The molecule has 4 nitrogen and oxygen atoms in total. The minimum absolute atomic E-state index is 0.934. The maximum absolute atomic E-state index is 4.36. The second kappa shape index (κ2) is 4.26. The van der Waals surface area contributed by atoms with E-state index in [1.165, 1.54) is 12.3 Å². The van der Waals surface area contributed by atoms with E-state index in [9.17, 15) is 0 Å². The Morgan fingerprint density at radius 1 is 1.57 bits per heavy atom. The summed E-state index contributed by atoms with van der Waals surface area (Å²) in [6.07, 6.45) is 7.08. The Morgan fingerprint density at radius 2 is 2.50 bits per heavy atom.